The topological polar surface area (TPSA) is 153 Å². The molecule has 1 aromatic carbocycles. The molecular formula is C33H50N4O8Si. The average molecular weight is 659 g/mol. The SMILES string of the molecule is CC(C)(C)OC(=O)N(CC1CCN(C(=O)C2CN(C(=O)O)C2)CC1)C[C@H](O[Si](C)(C)C(C)(C)C)c1ccc(O)c2[nH]c(=O)ccc12. The molecule has 4 rings (SSSR count). The summed E-state index contributed by atoms with van der Waals surface area (Å²) in [5, 5.41) is 20.2. The Kier molecular flexibility index (Phi) is 10.2. The molecule has 3 N–H and O–H groups in total. The zero-order chi connectivity index (χ0) is 34.2. The Labute approximate surface area is 271 Å². The highest BCUT2D eigenvalue weighted by atomic mass is 28.4. The highest BCUT2D eigenvalue weighted by Crippen LogP contribution is 2.42. The van der Waals surface area contributed by atoms with E-state index >= 15 is 0 Å². The molecule has 0 bridgehead atoms. The fourth-order valence-corrected chi connectivity index (χ4v) is 6.98. The first-order chi connectivity index (χ1) is 21.3. The number of fused-ring (bicyclic) bond motifs is 1. The summed E-state index contributed by atoms with van der Waals surface area (Å²) in [4.78, 5) is 57.5. The lowest BCUT2D eigenvalue weighted by atomic mass is 9.93. The third-order valence-corrected chi connectivity index (χ3v) is 13.9. The van der Waals surface area contributed by atoms with E-state index in [2.05, 4.69) is 38.8 Å². The van der Waals surface area contributed by atoms with Gasteiger partial charge in [0, 0.05) is 44.2 Å². The molecular weight excluding hydrogens is 608 g/mol. The number of aromatic nitrogens is 1. The van der Waals surface area contributed by atoms with Crippen molar-refractivity contribution in [2.24, 2.45) is 11.8 Å². The highest BCUT2D eigenvalue weighted by Gasteiger charge is 2.42. The third kappa shape index (κ3) is 8.22. The van der Waals surface area contributed by atoms with Gasteiger partial charge in [0.05, 0.1) is 24.1 Å². The van der Waals surface area contributed by atoms with Gasteiger partial charge in [0.1, 0.15) is 11.4 Å². The van der Waals surface area contributed by atoms with Gasteiger partial charge < -0.3 is 39.1 Å². The molecule has 0 radical (unpaired) electrons. The maximum atomic E-state index is 13.8. The molecule has 1 atom stereocenters. The number of likely N-dealkylation sites (tertiary alicyclic amines) is 2. The van der Waals surface area contributed by atoms with Crippen LogP contribution >= 0.6 is 0 Å². The van der Waals surface area contributed by atoms with Gasteiger partial charge in [0.25, 0.3) is 0 Å². The minimum atomic E-state index is -2.40. The molecule has 0 aliphatic carbocycles. The Morgan fingerprint density at radius 1 is 1.02 bits per heavy atom. The Morgan fingerprint density at radius 2 is 1.65 bits per heavy atom. The second-order valence-electron chi connectivity index (χ2n) is 15.2. The molecule has 2 saturated heterocycles. The molecule has 13 heteroatoms. The molecule has 1 aromatic heterocycles. The number of phenolic OH excluding ortho intramolecular Hbond substituents is 1. The number of ether oxygens (including phenoxy) is 1. The van der Waals surface area contributed by atoms with Crippen molar-refractivity contribution in [3.63, 3.8) is 0 Å². The zero-order valence-corrected chi connectivity index (χ0v) is 29.4. The number of phenols is 1. The summed E-state index contributed by atoms with van der Waals surface area (Å²) in [6.07, 6.45) is -0.668. The summed E-state index contributed by atoms with van der Waals surface area (Å²) in [5.41, 5.74) is 0.00280. The maximum Gasteiger partial charge on any atom is 0.410 e. The Balaban J connectivity index is 1.60. The van der Waals surface area contributed by atoms with E-state index in [-0.39, 0.29) is 53.7 Å². The van der Waals surface area contributed by atoms with Crippen LogP contribution < -0.4 is 5.56 Å². The number of pyridine rings is 1. The molecule has 0 saturated carbocycles. The summed E-state index contributed by atoms with van der Waals surface area (Å²) in [5.74, 6) is -0.255. The number of aromatic amines is 1. The van der Waals surface area contributed by atoms with Crippen LogP contribution in [0, 0.1) is 11.8 Å². The smallest absolute Gasteiger partial charge is 0.410 e. The van der Waals surface area contributed by atoms with E-state index in [0.29, 0.717) is 43.4 Å². The van der Waals surface area contributed by atoms with E-state index in [0.717, 1.165) is 5.56 Å². The lowest BCUT2D eigenvalue weighted by Gasteiger charge is -2.42. The molecule has 2 aliphatic heterocycles. The van der Waals surface area contributed by atoms with Crippen molar-refractivity contribution in [3.05, 3.63) is 40.2 Å². The minimum Gasteiger partial charge on any atom is -0.506 e. The van der Waals surface area contributed by atoms with Gasteiger partial charge in [-0.05, 0) is 75.4 Å². The number of H-pyrrole nitrogens is 1. The molecule has 2 fully saturated rings. The minimum absolute atomic E-state index is 0.0139. The number of benzene rings is 1. The van der Waals surface area contributed by atoms with E-state index in [1.165, 1.54) is 17.0 Å². The molecule has 2 aliphatic rings. The van der Waals surface area contributed by atoms with Crippen LogP contribution in [0.25, 0.3) is 10.9 Å². The van der Waals surface area contributed by atoms with Crippen molar-refractivity contribution in [2.75, 3.05) is 39.3 Å². The van der Waals surface area contributed by atoms with Gasteiger partial charge in [-0.25, -0.2) is 9.59 Å². The normalized spacial score (nSPS) is 17.5. The van der Waals surface area contributed by atoms with Gasteiger partial charge in [0.2, 0.25) is 11.5 Å². The third-order valence-electron chi connectivity index (χ3n) is 9.44. The number of hydrogen-bond donors (Lipinski definition) is 3. The number of nitrogens with one attached hydrogen (secondary N) is 1. The first kappa shape index (κ1) is 35.3. The fourth-order valence-electron chi connectivity index (χ4n) is 5.72. The highest BCUT2D eigenvalue weighted by molar-refractivity contribution is 6.74. The van der Waals surface area contributed by atoms with Crippen LogP contribution in [0.1, 0.15) is 66.1 Å². The number of carbonyl (C=O) groups excluding carboxylic acids is 2. The second-order valence-corrected chi connectivity index (χ2v) is 19.9. The summed E-state index contributed by atoms with van der Waals surface area (Å²) in [6, 6.07) is 6.42. The number of hydrogen-bond acceptors (Lipinski definition) is 7. The van der Waals surface area contributed by atoms with Gasteiger partial charge >= 0.3 is 12.2 Å². The van der Waals surface area contributed by atoms with Gasteiger partial charge in [-0.15, -0.1) is 0 Å². The number of rotatable bonds is 8. The Morgan fingerprint density at radius 3 is 2.22 bits per heavy atom. The zero-order valence-electron chi connectivity index (χ0n) is 28.4. The Bertz CT molecular complexity index is 1500. The summed E-state index contributed by atoms with van der Waals surface area (Å²) in [7, 11) is -2.40. The van der Waals surface area contributed by atoms with E-state index < -0.39 is 32.2 Å². The average Bonchev–Trinajstić information content (AvgIpc) is 2.90. The van der Waals surface area contributed by atoms with Crippen molar-refractivity contribution in [2.45, 2.75) is 84.2 Å². The van der Waals surface area contributed by atoms with Crippen molar-refractivity contribution >= 4 is 37.3 Å². The second kappa shape index (κ2) is 13.3. The van der Waals surface area contributed by atoms with E-state index in [4.69, 9.17) is 14.3 Å². The number of carbonyl (C=O) groups is 3. The van der Waals surface area contributed by atoms with Crippen molar-refractivity contribution in [1.29, 1.82) is 0 Å². The fraction of sp³-hybridized carbons (Fsp3) is 0.636. The first-order valence-corrected chi connectivity index (χ1v) is 18.9. The summed E-state index contributed by atoms with van der Waals surface area (Å²) in [6.45, 7) is 18.3. The number of carboxylic acid groups (broad SMARTS) is 1. The van der Waals surface area contributed by atoms with E-state index in [1.54, 1.807) is 17.0 Å². The van der Waals surface area contributed by atoms with Crippen LogP contribution in [0.5, 0.6) is 5.75 Å². The molecule has 12 nitrogen and oxygen atoms in total. The van der Waals surface area contributed by atoms with Crippen LogP contribution in [0.3, 0.4) is 0 Å². The standard InChI is InChI=1S/C33H50N4O8Si/c1-32(2,3)44-31(43)37(17-21-13-15-35(16-14-21)29(40)22-18-36(19-22)30(41)42)20-26(45-46(7,8)33(4,5)6)23-9-11-25(38)28-24(23)10-12-27(39)34-28/h9-12,21-22,26,38H,13-20H2,1-8H3,(H,34,39)(H,41,42)/t26-/m0/s1. The molecule has 0 spiro atoms. The summed E-state index contributed by atoms with van der Waals surface area (Å²) < 4.78 is 12.9. The van der Waals surface area contributed by atoms with Gasteiger partial charge in [0.15, 0.2) is 8.32 Å². The van der Waals surface area contributed by atoms with Crippen LogP contribution in [0.4, 0.5) is 9.59 Å². The van der Waals surface area contributed by atoms with Crippen LogP contribution in [-0.2, 0) is 14.0 Å². The lowest BCUT2D eigenvalue weighted by Crippen LogP contribution is -2.57. The van der Waals surface area contributed by atoms with Crippen LogP contribution in [0.2, 0.25) is 18.1 Å². The molecule has 3 amide bonds. The van der Waals surface area contributed by atoms with Crippen molar-refractivity contribution in [1.82, 2.24) is 19.7 Å². The number of aromatic hydroxyl groups is 1. The monoisotopic (exact) mass is 658 g/mol. The van der Waals surface area contributed by atoms with E-state index in [9.17, 15) is 24.3 Å². The lowest BCUT2D eigenvalue weighted by molar-refractivity contribution is -0.141. The van der Waals surface area contributed by atoms with Gasteiger partial charge in [-0.2, -0.15) is 0 Å². The summed E-state index contributed by atoms with van der Waals surface area (Å²) >= 11 is 0. The predicted octanol–water partition coefficient (Wildman–Crippen LogP) is 5.38. The Hall–Kier alpha value is -3.58. The van der Waals surface area contributed by atoms with Crippen LogP contribution in [0.15, 0.2) is 29.1 Å². The predicted molar refractivity (Wildman–Crippen MR) is 177 cm³/mol. The van der Waals surface area contributed by atoms with Crippen molar-refractivity contribution in [3.8, 4) is 5.75 Å². The molecule has 0 unspecified atom stereocenters. The van der Waals surface area contributed by atoms with Crippen molar-refractivity contribution < 1.29 is 33.8 Å². The first-order valence-electron chi connectivity index (χ1n) is 16.0. The number of piperidine rings is 1. The number of nitrogens with zero attached hydrogens (tertiary/aromatic N) is 3. The quantitative estimate of drug-likeness (QED) is 0.320. The molecule has 2 aromatic rings. The number of amides is 3. The van der Waals surface area contributed by atoms with E-state index in [1.807, 2.05) is 25.7 Å². The molecule has 46 heavy (non-hydrogen) atoms. The maximum absolute atomic E-state index is 13.8. The largest absolute Gasteiger partial charge is 0.506 e. The van der Waals surface area contributed by atoms with Gasteiger partial charge in [-0.3, -0.25) is 9.59 Å². The van der Waals surface area contributed by atoms with Crippen LogP contribution in [-0.4, -0.2) is 101 Å². The molecule has 3 heterocycles. The van der Waals surface area contributed by atoms with Gasteiger partial charge in [-0.1, -0.05) is 26.8 Å². The molecule has 254 valence electrons.